The van der Waals surface area contributed by atoms with Crippen molar-refractivity contribution in [3.05, 3.63) is 126 Å². The molecule has 2 amide bonds. The third kappa shape index (κ3) is 8.72. The molecule has 0 spiro atoms. The molecule has 0 saturated carbocycles. The van der Waals surface area contributed by atoms with Gasteiger partial charge in [0.1, 0.15) is 24.2 Å². The van der Waals surface area contributed by atoms with E-state index in [1.165, 1.54) is 36.3 Å². The first-order valence-corrected chi connectivity index (χ1v) is 16.5. The molecule has 0 aliphatic carbocycles. The number of methoxy groups -OCH3 is 1. The number of sulfonamides is 1. The van der Waals surface area contributed by atoms with Gasteiger partial charge in [-0.25, -0.2) is 12.8 Å². The molecule has 46 heavy (non-hydrogen) atoms. The molecule has 0 bridgehead atoms. The number of nitrogens with one attached hydrogen (secondary N) is 1. The second kappa shape index (κ2) is 15.5. The molecular weight excluding hydrogens is 605 g/mol. The summed E-state index contributed by atoms with van der Waals surface area (Å²) >= 11 is 0. The highest BCUT2D eigenvalue weighted by molar-refractivity contribution is 7.92. The molecule has 8 nitrogen and oxygen atoms in total. The molecule has 0 aromatic heterocycles. The van der Waals surface area contributed by atoms with E-state index in [-0.39, 0.29) is 41.1 Å². The van der Waals surface area contributed by atoms with Crippen LogP contribution in [0.25, 0.3) is 0 Å². The SMILES string of the molecule is COc1ccccc1N(CC(=O)N(Cc1ccc(F)cc1)[C@H](Cc1ccccc1)C(=O)NCC(C)C)S(=O)(=O)c1ccc(C)cc1. The molecular formula is C36H40FN3O5S. The Kier molecular flexibility index (Phi) is 11.5. The predicted molar refractivity (Wildman–Crippen MR) is 177 cm³/mol. The molecule has 0 radical (unpaired) electrons. The summed E-state index contributed by atoms with van der Waals surface area (Å²) in [5.74, 6) is -1.02. The fraction of sp³-hybridized carbons (Fsp3) is 0.278. The fourth-order valence-corrected chi connectivity index (χ4v) is 6.37. The molecule has 1 atom stereocenters. The minimum absolute atomic E-state index is 0.00240. The van der Waals surface area contributed by atoms with Gasteiger partial charge in [0.05, 0.1) is 17.7 Å². The van der Waals surface area contributed by atoms with Crippen LogP contribution in [0.4, 0.5) is 10.1 Å². The number of carbonyl (C=O) groups is 2. The van der Waals surface area contributed by atoms with Gasteiger partial charge < -0.3 is 15.0 Å². The van der Waals surface area contributed by atoms with Crippen LogP contribution >= 0.6 is 0 Å². The first kappa shape index (κ1) is 34.2. The van der Waals surface area contributed by atoms with E-state index in [1.807, 2.05) is 51.1 Å². The van der Waals surface area contributed by atoms with Crippen LogP contribution < -0.4 is 14.4 Å². The molecule has 242 valence electrons. The van der Waals surface area contributed by atoms with E-state index < -0.39 is 34.3 Å². The maximum Gasteiger partial charge on any atom is 0.264 e. The second-order valence-corrected chi connectivity index (χ2v) is 13.4. The summed E-state index contributed by atoms with van der Waals surface area (Å²) in [6.07, 6.45) is 0.178. The highest BCUT2D eigenvalue weighted by Crippen LogP contribution is 2.32. The van der Waals surface area contributed by atoms with E-state index in [2.05, 4.69) is 5.32 Å². The lowest BCUT2D eigenvalue weighted by Crippen LogP contribution is -2.53. The number of rotatable bonds is 14. The molecule has 0 fully saturated rings. The zero-order chi connectivity index (χ0) is 33.3. The van der Waals surface area contributed by atoms with Crippen LogP contribution in [-0.2, 0) is 32.6 Å². The van der Waals surface area contributed by atoms with Gasteiger partial charge in [-0.15, -0.1) is 0 Å². The van der Waals surface area contributed by atoms with Crippen LogP contribution in [0.2, 0.25) is 0 Å². The fourth-order valence-electron chi connectivity index (χ4n) is 4.95. The average molecular weight is 646 g/mol. The second-order valence-electron chi connectivity index (χ2n) is 11.5. The molecule has 4 aromatic carbocycles. The normalized spacial score (nSPS) is 12.0. The Labute approximate surface area is 270 Å². The van der Waals surface area contributed by atoms with E-state index in [0.717, 1.165) is 15.4 Å². The lowest BCUT2D eigenvalue weighted by Gasteiger charge is -2.34. The Morgan fingerprint density at radius 1 is 0.848 bits per heavy atom. The van der Waals surface area contributed by atoms with Gasteiger partial charge in [-0.05, 0) is 60.4 Å². The number of hydrogen-bond acceptors (Lipinski definition) is 5. The van der Waals surface area contributed by atoms with Crippen molar-refractivity contribution in [2.24, 2.45) is 5.92 Å². The van der Waals surface area contributed by atoms with Gasteiger partial charge in [-0.2, -0.15) is 0 Å². The number of amides is 2. The van der Waals surface area contributed by atoms with E-state index in [1.54, 1.807) is 48.5 Å². The quantitative estimate of drug-likeness (QED) is 0.189. The highest BCUT2D eigenvalue weighted by atomic mass is 32.2. The monoisotopic (exact) mass is 645 g/mol. The molecule has 0 saturated heterocycles. The van der Waals surface area contributed by atoms with Crippen molar-refractivity contribution < 1.29 is 27.1 Å². The summed E-state index contributed by atoms with van der Waals surface area (Å²) < 4.78 is 48.8. The van der Waals surface area contributed by atoms with E-state index in [9.17, 15) is 22.4 Å². The Balaban J connectivity index is 1.82. The minimum atomic E-state index is -4.28. The third-order valence-corrected chi connectivity index (χ3v) is 9.24. The van der Waals surface area contributed by atoms with Gasteiger partial charge in [-0.3, -0.25) is 13.9 Å². The summed E-state index contributed by atoms with van der Waals surface area (Å²) in [4.78, 5) is 29.7. The van der Waals surface area contributed by atoms with Crippen LogP contribution in [0.1, 0.15) is 30.5 Å². The summed E-state index contributed by atoms with van der Waals surface area (Å²) in [5.41, 5.74) is 2.44. The van der Waals surface area contributed by atoms with Gasteiger partial charge in [-0.1, -0.05) is 86.1 Å². The zero-order valence-corrected chi connectivity index (χ0v) is 27.3. The maximum atomic E-state index is 14.5. The largest absolute Gasteiger partial charge is 0.495 e. The van der Waals surface area contributed by atoms with Crippen molar-refractivity contribution in [2.45, 2.75) is 44.7 Å². The van der Waals surface area contributed by atoms with Gasteiger partial charge in [0.15, 0.2) is 0 Å². The Bertz CT molecular complexity index is 1710. The molecule has 0 unspecified atom stereocenters. The first-order valence-electron chi connectivity index (χ1n) is 15.1. The molecule has 10 heteroatoms. The van der Waals surface area contributed by atoms with Crippen LogP contribution in [-0.4, -0.2) is 51.4 Å². The third-order valence-electron chi connectivity index (χ3n) is 7.46. The van der Waals surface area contributed by atoms with E-state index in [4.69, 9.17) is 4.74 Å². The first-order chi connectivity index (χ1) is 22.0. The van der Waals surface area contributed by atoms with Gasteiger partial charge in [0, 0.05) is 19.5 Å². The Hall–Kier alpha value is -4.70. The van der Waals surface area contributed by atoms with Crippen molar-refractivity contribution in [3.8, 4) is 5.75 Å². The number of halogens is 1. The van der Waals surface area contributed by atoms with Crippen LogP contribution in [0.15, 0.2) is 108 Å². The number of anilines is 1. The zero-order valence-electron chi connectivity index (χ0n) is 26.5. The van der Waals surface area contributed by atoms with Crippen LogP contribution in [0, 0.1) is 18.7 Å². The van der Waals surface area contributed by atoms with Crippen molar-refractivity contribution in [1.29, 1.82) is 0 Å². The lowest BCUT2D eigenvalue weighted by molar-refractivity contribution is -0.140. The standard InChI is InChI=1S/C36H40FN3O5S/c1-26(2)23-38-36(42)33(22-28-10-6-5-7-11-28)39(24-29-16-18-30(37)19-17-29)35(41)25-40(32-12-8-9-13-34(32)45-4)46(43,44)31-20-14-27(3)15-21-31/h5-21,26,33H,22-25H2,1-4H3,(H,38,42)/t33-/m1/s1. The average Bonchev–Trinajstić information content (AvgIpc) is 3.05. The molecule has 0 heterocycles. The summed E-state index contributed by atoms with van der Waals surface area (Å²) in [6.45, 7) is 5.49. The molecule has 4 rings (SSSR count). The smallest absolute Gasteiger partial charge is 0.264 e. The molecule has 0 aliphatic heterocycles. The Morgan fingerprint density at radius 2 is 1.48 bits per heavy atom. The predicted octanol–water partition coefficient (Wildman–Crippen LogP) is 5.75. The Morgan fingerprint density at radius 3 is 2.11 bits per heavy atom. The van der Waals surface area contributed by atoms with Crippen LogP contribution in [0.3, 0.4) is 0 Å². The van der Waals surface area contributed by atoms with E-state index in [0.29, 0.717) is 12.1 Å². The number of benzene rings is 4. The highest BCUT2D eigenvalue weighted by Gasteiger charge is 2.35. The topological polar surface area (TPSA) is 96.0 Å². The van der Waals surface area contributed by atoms with Gasteiger partial charge in [0.2, 0.25) is 11.8 Å². The minimum Gasteiger partial charge on any atom is -0.495 e. The summed E-state index contributed by atoms with van der Waals surface area (Å²) in [6, 6.07) is 26.9. The lowest BCUT2D eigenvalue weighted by atomic mass is 10.0. The number of carbonyl (C=O) groups excluding carboxylic acids is 2. The number of aryl methyl sites for hydroxylation is 1. The van der Waals surface area contributed by atoms with Crippen LogP contribution in [0.5, 0.6) is 5.75 Å². The summed E-state index contributed by atoms with van der Waals surface area (Å²) in [7, 11) is -2.86. The van der Waals surface area contributed by atoms with Crippen molar-refractivity contribution in [1.82, 2.24) is 10.2 Å². The number of para-hydroxylation sites is 2. The summed E-state index contributed by atoms with van der Waals surface area (Å²) in [5, 5.41) is 2.95. The van der Waals surface area contributed by atoms with Crippen molar-refractivity contribution >= 4 is 27.5 Å². The molecule has 1 N–H and O–H groups in total. The number of hydrogen-bond donors (Lipinski definition) is 1. The van der Waals surface area contributed by atoms with E-state index >= 15 is 0 Å². The van der Waals surface area contributed by atoms with Gasteiger partial charge >= 0.3 is 0 Å². The van der Waals surface area contributed by atoms with Gasteiger partial charge in [0.25, 0.3) is 10.0 Å². The van der Waals surface area contributed by atoms with Crippen molar-refractivity contribution in [2.75, 3.05) is 24.5 Å². The molecule has 0 aliphatic rings. The number of ether oxygens (including phenoxy) is 1. The maximum absolute atomic E-state index is 14.5. The molecule has 4 aromatic rings. The van der Waals surface area contributed by atoms with Crippen molar-refractivity contribution in [3.63, 3.8) is 0 Å². The number of nitrogens with zero attached hydrogens (tertiary/aromatic N) is 2.